The van der Waals surface area contributed by atoms with Crippen LogP contribution in [0, 0.1) is 0 Å². The Balaban J connectivity index is 2.25. The molecule has 0 radical (unpaired) electrons. The molecule has 0 bridgehead atoms. The number of nitrogens with two attached hydrogens (primary N) is 1. The largest absolute Gasteiger partial charge is 0.474 e. The second kappa shape index (κ2) is 7.42. The van der Waals surface area contributed by atoms with Crippen molar-refractivity contribution in [2.75, 3.05) is 38.0 Å². The Kier molecular flexibility index (Phi) is 5.58. The highest BCUT2D eigenvalue weighted by atomic mass is 16.5. The number of nitrogen functional groups attached to an aromatic ring is 1. The Morgan fingerprint density at radius 1 is 1.38 bits per heavy atom. The quantitative estimate of drug-likeness (QED) is 0.741. The lowest BCUT2D eigenvalue weighted by Gasteiger charge is -2.17. The number of hydrogen-bond acceptors (Lipinski definition) is 7. The van der Waals surface area contributed by atoms with E-state index in [1.54, 1.807) is 7.11 Å². The molecule has 1 aliphatic heterocycles. The number of nitrogens with zero attached hydrogens (tertiary/aromatic N) is 2. The summed E-state index contributed by atoms with van der Waals surface area (Å²) in [5, 5.41) is 3.22. The van der Waals surface area contributed by atoms with Crippen molar-refractivity contribution in [2.24, 2.45) is 0 Å². The van der Waals surface area contributed by atoms with Crippen molar-refractivity contribution < 1.29 is 14.2 Å². The van der Waals surface area contributed by atoms with E-state index in [0.717, 1.165) is 19.4 Å². The summed E-state index contributed by atoms with van der Waals surface area (Å²) in [7, 11) is 1.62. The van der Waals surface area contributed by atoms with E-state index in [1.165, 1.54) is 0 Å². The minimum Gasteiger partial charge on any atom is -0.474 e. The van der Waals surface area contributed by atoms with Gasteiger partial charge < -0.3 is 25.3 Å². The van der Waals surface area contributed by atoms with Gasteiger partial charge in [-0.15, -0.1) is 0 Å². The minimum atomic E-state index is -0.0805. The molecule has 2 rings (SSSR count). The van der Waals surface area contributed by atoms with Gasteiger partial charge in [-0.3, -0.25) is 0 Å². The third-order valence-electron chi connectivity index (χ3n) is 3.10. The summed E-state index contributed by atoms with van der Waals surface area (Å²) in [5.74, 6) is 1.60. The predicted molar refractivity (Wildman–Crippen MR) is 80.5 cm³/mol. The van der Waals surface area contributed by atoms with E-state index in [0.29, 0.717) is 36.4 Å². The van der Waals surface area contributed by atoms with Gasteiger partial charge in [-0.25, -0.2) is 4.98 Å². The van der Waals surface area contributed by atoms with Crippen LogP contribution in [0.3, 0.4) is 0 Å². The molecule has 1 aromatic rings. The standard InChI is InChI=1S/C14H24N4O3/c1-9(2)16-13-11(15)14(21-8-7-19-3)18-12(17-13)10-5-4-6-20-10/h9-10H,4-8,15H2,1-3H3,(H,16,17,18). The van der Waals surface area contributed by atoms with E-state index in [9.17, 15) is 0 Å². The fraction of sp³-hybridized carbons (Fsp3) is 0.714. The average Bonchev–Trinajstić information content (AvgIpc) is 2.96. The maximum atomic E-state index is 6.09. The monoisotopic (exact) mass is 296 g/mol. The summed E-state index contributed by atoms with van der Waals surface area (Å²) in [6, 6.07) is 0.214. The third kappa shape index (κ3) is 4.18. The summed E-state index contributed by atoms with van der Waals surface area (Å²) in [6.45, 7) is 5.66. The lowest BCUT2D eigenvalue weighted by molar-refractivity contribution is 0.103. The van der Waals surface area contributed by atoms with Gasteiger partial charge in [0.25, 0.3) is 0 Å². The summed E-state index contributed by atoms with van der Waals surface area (Å²) in [5.41, 5.74) is 6.51. The summed E-state index contributed by atoms with van der Waals surface area (Å²) >= 11 is 0. The van der Waals surface area contributed by atoms with Crippen molar-refractivity contribution in [1.82, 2.24) is 9.97 Å². The van der Waals surface area contributed by atoms with E-state index in [2.05, 4.69) is 15.3 Å². The second-order valence-electron chi connectivity index (χ2n) is 5.29. The average molecular weight is 296 g/mol. The zero-order valence-corrected chi connectivity index (χ0v) is 12.9. The number of rotatable bonds is 7. The second-order valence-corrected chi connectivity index (χ2v) is 5.29. The normalized spacial score (nSPS) is 18.2. The van der Waals surface area contributed by atoms with Gasteiger partial charge in [0.15, 0.2) is 11.6 Å². The van der Waals surface area contributed by atoms with Crippen LogP contribution in [0.25, 0.3) is 0 Å². The van der Waals surface area contributed by atoms with Gasteiger partial charge >= 0.3 is 0 Å². The van der Waals surface area contributed by atoms with Crippen molar-refractivity contribution in [2.45, 2.75) is 38.8 Å². The van der Waals surface area contributed by atoms with Crippen LogP contribution in [0.2, 0.25) is 0 Å². The molecule has 7 nitrogen and oxygen atoms in total. The molecule has 3 N–H and O–H groups in total. The van der Waals surface area contributed by atoms with E-state index in [1.807, 2.05) is 13.8 Å². The van der Waals surface area contributed by atoms with Crippen LogP contribution >= 0.6 is 0 Å². The molecule has 0 aromatic carbocycles. The number of ether oxygens (including phenoxy) is 3. The first kappa shape index (κ1) is 15.8. The van der Waals surface area contributed by atoms with Crippen molar-refractivity contribution >= 4 is 11.5 Å². The van der Waals surface area contributed by atoms with Gasteiger partial charge in [0.1, 0.15) is 18.4 Å². The van der Waals surface area contributed by atoms with Crippen molar-refractivity contribution in [3.63, 3.8) is 0 Å². The number of nitrogens with one attached hydrogen (secondary N) is 1. The van der Waals surface area contributed by atoms with E-state index in [-0.39, 0.29) is 12.1 Å². The van der Waals surface area contributed by atoms with Crippen molar-refractivity contribution in [3.8, 4) is 5.88 Å². The molecule has 1 unspecified atom stereocenters. The maximum absolute atomic E-state index is 6.09. The van der Waals surface area contributed by atoms with Crippen LogP contribution in [0.5, 0.6) is 5.88 Å². The van der Waals surface area contributed by atoms with E-state index >= 15 is 0 Å². The first-order valence-corrected chi connectivity index (χ1v) is 7.29. The van der Waals surface area contributed by atoms with Crippen molar-refractivity contribution in [1.29, 1.82) is 0 Å². The number of hydrogen-bond donors (Lipinski definition) is 2. The van der Waals surface area contributed by atoms with Crippen LogP contribution in [0.15, 0.2) is 0 Å². The molecule has 1 saturated heterocycles. The van der Waals surface area contributed by atoms with Crippen LogP contribution < -0.4 is 15.8 Å². The number of aromatic nitrogens is 2. The number of methoxy groups -OCH3 is 1. The van der Waals surface area contributed by atoms with Gasteiger partial charge in [0, 0.05) is 19.8 Å². The molecule has 118 valence electrons. The van der Waals surface area contributed by atoms with Crippen LogP contribution in [-0.2, 0) is 9.47 Å². The molecule has 2 heterocycles. The molecule has 0 spiro atoms. The molecule has 0 saturated carbocycles. The molecule has 1 aromatic heterocycles. The Hall–Kier alpha value is -1.60. The molecule has 1 aliphatic rings. The SMILES string of the molecule is COCCOc1nc(C2CCCO2)nc(NC(C)C)c1N. The lowest BCUT2D eigenvalue weighted by atomic mass is 10.2. The molecule has 0 amide bonds. The molecule has 21 heavy (non-hydrogen) atoms. The molecular weight excluding hydrogens is 272 g/mol. The van der Waals surface area contributed by atoms with Crippen LogP contribution in [0.4, 0.5) is 11.5 Å². The molecule has 7 heteroatoms. The highest BCUT2D eigenvalue weighted by Crippen LogP contribution is 2.32. The van der Waals surface area contributed by atoms with Crippen molar-refractivity contribution in [3.05, 3.63) is 5.82 Å². The van der Waals surface area contributed by atoms with Gasteiger partial charge in [-0.05, 0) is 26.7 Å². The maximum Gasteiger partial charge on any atom is 0.243 e. The summed E-state index contributed by atoms with van der Waals surface area (Å²) in [4.78, 5) is 8.92. The van der Waals surface area contributed by atoms with Crippen LogP contribution in [0.1, 0.15) is 38.6 Å². The zero-order chi connectivity index (χ0) is 15.2. The highest BCUT2D eigenvalue weighted by molar-refractivity contribution is 5.67. The van der Waals surface area contributed by atoms with E-state index in [4.69, 9.17) is 19.9 Å². The summed E-state index contributed by atoms with van der Waals surface area (Å²) in [6.07, 6.45) is 1.86. The molecule has 1 fully saturated rings. The van der Waals surface area contributed by atoms with E-state index < -0.39 is 0 Å². The topological polar surface area (TPSA) is 91.5 Å². The van der Waals surface area contributed by atoms with Gasteiger partial charge in [0.2, 0.25) is 5.88 Å². The Morgan fingerprint density at radius 2 is 2.19 bits per heavy atom. The molecule has 0 aliphatic carbocycles. The predicted octanol–water partition coefficient (Wildman–Crippen LogP) is 1.76. The Bertz CT molecular complexity index is 462. The molecule has 1 atom stereocenters. The summed E-state index contributed by atoms with van der Waals surface area (Å²) < 4.78 is 16.2. The lowest BCUT2D eigenvalue weighted by Crippen LogP contribution is -2.17. The zero-order valence-electron chi connectivity index (χ0n) is 12.9. The van der Waals surface area contributed by atoms with Gasteiger partial charge in [-0.1, -0.05) is 0 Å². The highest BCUT2D eigenvalue weighted by Gasteiger charge is 2.24. The Labute approximate surface area is 125 Å². The van der Waals surface area contributed by atoms with Gasteiger partial charge in [-0.2, -0.15) is 4.98 Å². The molecular formula is C14H24N4O3. The third-order valence-corrected chi connectivity index (χ3v) is 3.10. The fourth-order valence-corrected chi connectivity index (χ4v) is 2.11. The smallest absolute Gasteiger partial charge is 0.243 e. The fourth-order valence-electron chi connectivity index (χ4n) is 2.11. The van der Waals surface area contributed by atoms with Crippen LogP contribution in [-0.4, -0.2) is 42.9 Å². The Morgan fingerprint density at radius 3 is 2.81 bits per heavy atom. The van der Waals surface area contributed by atoms with Gasteiger partial charge in [0.05, 0.1) is 6.61 Å². The number of anilines is 2. The first-order chi connectivity index (χ1) is 10.1. The first-order valence-electron chi connectivity index (χ1n) is 7.29. The minimum absolute atomic E-state index is 0.0805.